The van der Waals surface area contributed by atoms with Crippen molar-refractivity contribution in [2.45, 2.75) is 33.3 Å². The molecule has 0 N–H and O–H groups in total. The zero-order valence-corrected chi connectivity index (χ0v) is 13.1. The number of hydrogen-bond acceptors (Lipinski definition) is 4. The molecule has 0 bridgehead atoms. The van der Waals surface area contributed by atoms with Crippen molar-refractivity contribution >= 4 is 28.7 Å². The van der Waals surface area contributed by atoms with Crippen LogP contribution in [0.1, 0.15) is 40.6 Å². The van der Waals surface area contributed by atoms with Gasteiger partial charge in [0.2, 0.25) is 0 Å². The topological polar surface area (TPSA) is 39.2 Å². The second kappa shape index (κ2) is 6.86. The fraction of sp³-hybridized carbons (Fsp3) is 0.333. The first-order valence-corrected chi connectivity index (χ1v) is 7.67. The summed E-state index contributed by atoms with van der Waals surface area (Å²) in [6, 6.07) is 7.24. The lowest BCUT2D eigenvalue weighted by molar-refractivity contribution is 0.102. The van der Waals surface area contributed by atoms with Gasteiger partial charge in [0, 0.05) is 11.9 Å². The normalized spacial score (nSPS) is 10.6. The van der Waals surface area contributed by atoms with E-state index in [0.29, 0.717) is 17.4 Å². The maximum absolute atomic E-state index is 11.6. The Labute approximate surface area is 127 Å². The number of carbonyl (C=O) groups is 1. The van der Waals surface area contributed by atoms with Gasteiger partial charge in [0.25, 0.3) is 0 Å². The van der Waals surface area contributed by atoms with Gasteiger partial charge in [-0.05, 0) is 24.6 Å². The molecule has 0 radical (unpaired) electrons. The van der Waals surface area contributed by atoms with E-state index in [2.05, 4.69) is 11.9 Å². The zero-order chi connectivity index (χ0) is 14.5. The van der Waals surface area contributed by atoms with Gasteiger partial charge in [-0.15, -0.1) is 11.3 Å². The van der Waals surface area contributed by atoms with Gasteiger partial charge in [0.15, 0.2) is 5.78 Å². The Kier molecular flexibility index (Phi) is 5.15. The second-order valence-electron chi connectivity index (χ2n) is 4.44. The Balaban J connectivity index is 2.09. The molecule has 0 aliphatic heterocycles. The summed E-state index contributed by atoms with van der Waals surface area (Å²) in [5, 5.41) is 1.45. The number of halogens is 1. The highest BCUT2D eigenvalue weighted by Gasteiger charge is 2.14. The molecule has 0 fully saturated rings. The maximum Gasteiger partial charge on any atom is 0.171 e. The quantitative estimate of drug-likeness (QED) is 0.736. The lowest BCUT2D eigenvalue weighted by atomic mass is 10.2. The van der Waals surface area contributed by atoms with Crippen LogP contribution in [0.15, 0.2) is 24.3 Å². The Morgan fingerprint density at radius 1 is 1.45 bits per heavy atom. The Morgan fingerprint density at radius 2 is 2.25 bits per heavy atom. The van der Waals surface area contributed by atoms with Crippen LogP contribution in [0.3, 0.4) is 0 Å². The lowest BCUT2D eigenvalue weighted by Crippen LogP contribution is -1.96. The van der Waals surface area contributed by atoms with Crippen LogP contribution in [0.2, 0.25) is 5.02 Å². The van der Waals surface area contributed by atoms with Gasteiger partial charge in [-0.25, -0.2) is 4.98 Å². The molecule has 20 heavy (non-hydrogen) atoms. The number of aryl methyl sites for hydroxylation is 1. The minimum Gasteiger partial charge on any atom is -0.486 e. The number of hydrogen-bond donors (Lipinski definition) is 0. The van der Waals surface area contributed by atoms with Crippen LogP contribution in [0.5, 0.6) is 5.75 Å². The third-order valence-electron chi connectivity index (χ3n) is 2.71. The van der Waals surface area contributed by atoms with E-state index < -0.39 is 0 Å². The molecule has 5 heteroatoms. The number of ketones is 1. The van der Waals surface area contributed by atoms with E-state index in [1.807, 2.05) is 12.1 Å². The minimum absolute atomic E-state index is 0.0694. The number of benzene rings is 1. The molecule has 106 valence electrons. The van der Waals surface area contributed by atoms with Crippen LogP contribution in [0.25, 0.3) is 0 Å². The van der Waals surface area contributed by atoms with Gasteiger partial charge >= 0.3 is 0 Å². The molecular weight excluding hydrogens is 294 g/mol. The van der Waals surface area contributed by atoms with Crippen LogP contribution in [-0.4, -0.2) is 10.8 Å². The Bertz CT molecular complexity index is 610. The second-order valence-corrected chi connectivity index (χ2v) is 5.96. The molecule has 0 atom stereocenters. The van der Waals surface area contributed by atoms with E-state index in [0.717, 1.165) is 28.4 Å². The van der Waals surface area contributed by atoms with E-state index >= 15 is 0 Å². The first kappa shape index (κ1) is 15.0. The van der Waals surface area contributed by atoms with Crippen LogP contribution in [0, 0.1) is 0 Å². The van der Waals surface area contributed by atoms with Gasteiger partial charge < -0.3 is 4.74 Å². The van der Waals surface area contributed by atoms with Crippen molar-refractivity contribution in [3.8, 4) is 5.75 Å². The summed E-state index contributed by atoms with van der Waals surface area (Å²) in [5.74, 6) is 0.772. The predicted octanol–water partition coefficient (Wildman–Crippen LogP) is 4.53. The Hall–Kier alpha value is -1.39. The van der Waals surface area contributed by atoms with Crippen molar-refractivity contribution < 1.29 is 9.53 Å². The van der Waals surface area contributed by atoms with Crippen molar-refractivity contribution in [1.82, 2.24) is 4.98 Å². The Morgan fingerprint density at radius 3 is 2.90 bits per heavy atom. The van der Waals surface area contributed by atoms with Crippen molar-refractivity contribution in [3.63, 3.8) is 0 Å². The summed E-state index contributed by atoms with van der Waals surface area (Å²) in [4.78, 5) is 16.8. The van der Waals surface area contributed by atoms with E-state index in [9.17, 15) is 4.79 Å². The van der Waals surface area contributed by atoms with Crippen molar-refractivity contribution in [3.05, 3.63) is 44.9 Å². The molecular formula is C15H16ClNO2S. The third kappa shape index (κ3) is 3.81. The summed E-state index contributed by atoms with van der Waals surface area (Å²) >= 11 is 7.31. The molecule has 1 heterocycles. The molecule has 0 unspecified atom stereocenters. The summed E-state index contributed by atoms with van der Waals surface area (Å²) in [5.41, 5.74) is 0.884. The third-order valence-corrected chi connectivity index (χ3v) is 4.11. The lowest BCUT2D eigenvalue weighted by Gasteiger charge is -2.03. The van der Waals surface area contributed by atoms with E-state index in [-0.39, 0.29) is 5.78 Å². The van der Waals surface area contributed by atoms with Gasteiger partial charge in [-0.2, -0.15) is 0 Å². The van der Waals surface area contributed by atoms with Gasteiger partial charge in [-0.3, -0.25) is 4.79 Å². The summed E-state index contributed by atoms with van der Waals surface area (Å²) in [7, 11) is 0. The minimum atomic E-state index is 0.0694. The molecule has 1 aromatic heterocycles. The molecule has 0 saturated carbocycles. The number of Topliss-reactive ketones (excluding diaryl/α,β-unsaturated/α-hetero) is 1. The molecule has 3 nitrogen and oxygen atoms in total. The number of nitrogens with zero attached hydrogens (tertiary/aromatic N) is 1. The summed E-state index contributed by atoms with van der Waals surface area (Å²) < 4.78 is 5.65. The fourth-order valence-corrected chi connectivity index (χ4v) is 2.94. The SMILES string of the molecule is CCCc1nc(COc2cccc(Cl)c2)sc1C(C)=O. The highest BCUT2D eigenvalue weighted by molar-refractivity contribution is 7.13. The smallest absolute Gasteiger partial charge is 0.171 e. The molecule has 0 amide bonds. The fourth-order valence-electron chi connectivity index (χ4n) is 1.85. The average molecular weight is 310 g/mol. The number of rotatable bonds is 6. The largest absolute Gasteiger partial charge is 0.486 e. The van der Waals surface area contributed by atoms with Crippen LogP contribution in [0.4, 0.5) is 0 Å². The average Bonchev–Trinajstić information content (AvgIpc) is 2.80. The van der Waals surface area contributed by atoms with Crippen molar-refractivity contribution in [2.75, 3.05) is 0 Å². The standard InChI is InChI=1S/C15H16ClNO2S/c1-3-5-13-15(10(2)18)20-14(17-13)9-19-12-7-4-6-11(16)8-12/h4,6-8H,3,5,9H2,1-2H3. The molecule has 0 saturated heterocycles. The monoisotopic (exact) mass is 309 g/mol. The van der Waals surface area contributed by atoms with Gasteiger partial charge in [0.05, 0.1) is 10.6 Å². The highest BCUT2D eigenvalue weighted by Crippen LogP contribution is 2.23. The molecule has 0 aliphatic carbocycles. The summed E-state index contributed by atoms with van der Waals surface area (Å²) in [6.07, 6.45) is 1.79. The van der Waals surface area contributed by atoms with Crippen molar-refractivity contribution in [1.29, 1.82) is 0 Å². The van der Waals surface area contributed by atoms with Crippen LogP contribution in [-0.2, 0) is 13.0 Å². The van der Waals surface area contributed by atoms with E-state index in [1.165, 1.54) is 11.3 Å². The number of carbonyl (C=O) groups excluding carboxylic acids is 1. The zero-order valence-electron chi connectivity index (χ0n) is 11.5. The van der Waals surface area contributed by atoms with Gasteiger partial charge in [0.1, 0.15) is 17.4 Å². The molecule has 0 spiro atoms. The molecule has 2 rings (SSSR count). The summed E-state index contributed by atoms with van der Waals surface area (Å²) in [6.45, 7) is 4.01. The number of thiazole rings is 1. The molecule has 1 aromatic carbocycles. The number of ether oxygens (including phenoxy) is 1. The van der Waals surface area contributed by atoms with Crippen LogP contribution < -0.4 is 4.74 Å². The highest BCUT2D eigenvalue weighted by atomic mass is 35.5. The molecule has 2 aromatic rings. The van der Waals surface area contributed by atoms with Crippen molar-refractivity contribution in [2.24, 2.45) is 0 Å². The number of aromatic nitrogens is 1. The van der Waals surface area contributed by atoms with Crippen LogP contribution >= 0.6 is 22.9 Å². The predicted molar refractivity (Wildman–Crippen MR) is 81.9 cm³/mol. The first-order valence-electron chi connectivity index (χ1n) is 6.48. The van der Waals surface area contributed by atoms with E-state index in [1.54, 1.807) is 19.1 Å². The first-order chi connectivity index (χ1) is 9.60. The van der Waals surface area contributed by atoms with E-state index in [4.69, 9.17) is 16.3 Å². The maximum atomic E-state index is 11.6. The van der Waals surface area contributed by atoms with Gasteiger partial charge in [-0.1, -0.05) is 31.0 Å². The molecule has 0 aliphatic rings.